The summed E-state index contributed by atoms with van der Waals surface area (Å²) in [4.78, 5) is 63.7. The molecule has 1 saturated heterocycles. The number of hydrogen-bond donors (Lipinski definition) is 3. The Morgan fingerprint density at radius 1 is 0.982 bits per heavy atom. The lowest BCUT2D eigenvalue weighted by Crippen LogP contribution is -2.59. The molecule has 56 heavy (non-hydrogen) atoms. The van der Waals surface area contributed by atoms with E-state index in [9.17, 15) is 24.3 Å². The van der Waals surface area contributed by atoms with Crippen molar-refractivity contribution in [2.24, 2.45) is 11.3 Å². The molecule has 6 amide bonds. The maximum atomic E-state index is 14.4. The number of nitrogens with one attached hydrogen (secondary N) is 2. The number of nitrogens with zero attached hydrogens (tertiary/aromatic N) is 5. The SMILES string of the molecule is CCC(C)C(C(=O)NC(Cc1ccccc1)C(O)CN(Cc1cccc(OC)c1)NC(=O)N(CC(C)(C)C)C(=O)OC)N1CCN(Cc2cccc(C)n2)C1=O. The summed E-state index contributed by atoms with van der Waals surface area (Å²) in [6.07, 6.45) is -1.15. The number of aliphatic hydroxyl groups excluding tert-OH is 1. The Balaban J connectivity index is 1.62. The van der Waals surface area contributed by atoms with Crippen molar-refractivity contribution in [3.8, 4) is 5.75 Å². The van der Waals surface area contributed by atoms with Gasteiger partial charge in [0.2, 0.25) is 5.91 Å². The van der Waals surface area contributed by atoms with Gasteiger partial charge in [0.05, 0.1) is 38.6 Å². The predicted octanol–water partition coefficient (Wildman–Crippen LogP) is 5.38. The molecule has 0 saturated carbocycles. The number of carbonyl (C=O) groups is 4. The first-order valence-electron chi connectivity index (χ1n) is 19.2. The van der Waals surface area contributed by atoms with Crippen LogP contribution in [0.2, 0.25) is 0 Å². The van der Waals surface area contributed by atoms with Crippen molar-refractivity contribution >= 4 is 24.1 Å². The molecule has 4 unspecified atom stereocenters. The van der Waals surface area contributed by atoms with Crippen LogP contribution in [0.3, 0.4) is 0 Å². The number of methoxy groups -OCH3 is 2. The second-order valence-electron chi connectivity index (χ2n) is 15.6. The number of ether oxygens (including phenoxy) is 2. The monoisotopic (exact) mass is 773 g/mol. The lowest BCUT2D eigenvalue weighted by molar-refractivity contribution is -0.128. The van der Waals surface area contributed by atoms with Crippen molar-refractivity contribution < 1.29 is 33.8 Å². The number of hydrogen-bond acceptors (Lipinski definition) is 9. The minimum Gasteiger partial charge on any atom is -0.497 e. The van der Waals surface area contributed by atoms with Gasteiger partial charge in [0.1, 0.15) is 11.8 Å². The number of carbonyl (C=O) groups excluding carboxylic acids is 4. The Kier molecular flexibility index (Phi) is 15.6. The van der Waals surface area contributed by atoms with Crippen LogP contribution in [0.25, 0.3) is 0 Å². The molecule has 1 aromatic heterocycles. The normalized spacial score (nSPS) is 15.2. The number of amides is 6. The van der Waals surface area contributed by atoms with Crippen LogP contribution in [0.1, 0.15) is 63.6 Å². The van der Waals surface area contributed by atoms with Crippen LogP contribution in [-0.2, 0) is 29.0 Å². The number of benzene rings is 2. The molecule has 4 atom stereocenters. The lowest BCUT2D eigenvalue weighted by Gasteiger charge is -2.35. The molecule has 2 aromatic carbocycles. The Hall–Kier alpha value is -5.21. The van der Waals surface area contributed by atoms with E-state index in [0.29, 0.717) is 31.8 Å². The largest absolute Gasteiger partial charge is 0.497 e. The third kappa shape index (κ3) is 12.4. The number of aryl methyl sites for hydroxylation is 1. The molecule has 3 aromatic rings. The summed E-state index contributed by atoms with van der Waals surface area (Å²) in [6, 6.07) is 19.8. The Morgan fingerprint density at radius 3 is 2.32 bits per heavy atom. The quantitative estimate of drug-likeness (QED) is 0.153. The van der Waals surface area contributed by atoms with Crippen LogP contribution < -0.4 is 15.5 Å². The van der Waals surface area contributed by atoms with Gasteiger partial charge in [-0.05, 0) is 60.1 Å². The molecule has 14 heteroatoms. The van der Waals surface area contributed by atoms with Crippen LogP contribution in [0.5, 0.6) is 5.75 Å². The van der Waals surface area contributed by atoms with Gasteiger partial charge in [-0.3, -0.25) is 15.2 Å². The highest BCUT2D eigenvalue weighted by atomic mass is 16.5. The third-order valence-electron chi connectivity index (χ3n) is 9.75. The summed E-state index contributed by atoms with van der Waals surface area (Å²) in [5.41, 5.74) is 5.64. The van der Waals surface area contributed by atoms with Crippen molar-refractivity contribution in [1.29, 1.82) is 0 Å². The Bertz CT molecular complexity index is 1770. The first kappa shape index (κ1) is 43.5. The van der Waals surface area contributed by atoms with Crippen molar-refractivity contribution in [3.05, 3.63) is 95.3 Å². The highest BCUT2D eigenvalue weighted by Gasteiger charge is 2.41. The van der Waals surface area contributed by atoms with Crippen LogP contribution in [0.15, 0.2) is 72.8 Å². The number of hydrazine groups is 1. The van der Waals surface area contributed by atoms with Gasteiger partial charge in [-0.15, -0.1) is 0 Å². The minimum atomic E-state index is -1.23. The number of pyridine rings is 1. The summed E-state index contributed by atoms with van der Waals surface area (Å²) in [6.45, 7) is 12.7. The molecule has 1 fully saturated rings. The van der Waals surface area contributed by atoms with E-state index >= 15 is 0 Å². The maximum absolute atomic E-state index is 14.4. The second kappa shape index (κ2) is 20.1. The topological polar surface area (TPSA) is 157 Å². The molecule has 0 radical (unpaired) electrons. The fourth-order valence-electron chi connectivity index (χ4n) is 6.73. The van der Waals surface area contributed by atoms with Crippen molar-refractivity contribution in [2.75, 3.05) is 40.4 Å². The Labute approximate surface area is 331 Å². The summed E-state index contributed by atoms with van der Waals surface area (Å²) in [5, 5.41) is 16.7. The van der Waals surface area contributed by atoms with Gasteiger partial charge in [0.15, 0.2) is 0 Å². The van der Waals surface area contributed by atoms with Gasteiger partial charge < -0.3 is 29.7 Å². The molecule has 304 valence electrons. The number of aromatic nitrogens is 1. The van der Waals surface area contributed by atoms with Gasteiger partial charge in [-0.2, -0.15) is 0 Å². The van der Waals surface area contributed by atoms with Gasteiger partial charge in [-0.25, -0.2) is 24.3 Å². The lowest BCUT2D eigenvalue weighted by atomic mass is 9.95. The molecule has 4 rings (SSSR count). The van der Waals surface area contributed by atoms with E-state index in [1.54, 1.807) is 23.0 Å². The summed E-state index contributed by atoms with van der Waals surface area (Å²) < 4.78 is 10.4. The first-order chi connectivity index (χ1) is 26.6. The van der Waals surface area contributed by atoms with E-state index in [1.807, 2.05) is 108 Å². The number of aliphatic hydroxyl groups is 1. The Morgan fingerprint density at radius 2 is 1.68 bits per heavy atom. The van der Waals surface area contributed by atoms with E-state index in [2.05, 4.69) is 15.7 Å². The van der Waals surface area contributed by atoms with Crippen LogP contribution in [0.4, 0.5) is 14.4 Å². The van der Waals surface area contributed by atoms with Gasteiger partial charge >= 0.3 is 18.2 Å². The standard InChI is InChI=1S/C42H59N7O7/c1-9-29(2)37(48-22-21-46(40(48)53)26-33-19-13-15-30(3)43-33)38(51)44-35(24-31-16-11-10-12-17-31)36(50)27-47(25-32-18-14-20-34(23-32)55-7)45-39(52)49(41(54)56-8)28-42(4,5)6/h10-20,23,29,35-37,50H,9,21-22,24-28H2,1-8H3,(H,44,51)(H,45,52). The molecular weight excluding hydrogens is 715 g/mol. The molecule has 1 aliphatic heterocycles. The van der Waals surface area contributed by atoms with Crippen molar-refractivity contribution in [2.45, 2.75) is 85.7 Å². The molecule has 0 bridgehead atoms. The second-order valence-corrected chi connectivity index (χ2v) is 15.6. The van der Waals surface area contributed by atoms with E-state index in [-0.39, 0.29) is 43.9 Å². The number of urea groups is 2. The van der Waals surface area contributed by atoms with Gasteiger partial charge in [0.25, 0.3) is 0 Å². The van der Waals surface area contributed by atoms with E-state index in [4.69, 9.17) is 9.47 Å². The van der Waals surface area contributed by atoms with E-state index < -0.39 is 35.7 Å². The number of rotatable bonds is 17. The van der Waals surface area contributed by atoms with E-state index in [1.165, 1.54) is 12.1 Å². The molecular formula is C42H59N7O7. The molecule has 1 aliphatic rings. The third-order valence-corrected chi connectivity index (χ3v) is 9.75. The van der Waals surface area contributed by atoms with Crippen LogP contribution in [-0.4, -0.2) is 112 Å². The van der Waals surface area contributed by atoms with Gasteiger partial charge in [-0.1, -0.05) is 89.6 Å². The van der Waals surface area contributed by atoms with Crippen molar-refractivity contribution in [3.63, 3.8) is 0 Å². The minimum absolute atomic E-state index is 0.0684. The highest BCUT2D eigenvalue weighted by molar-refractivity contribution is 5.90. The molecule has 0 spiro atoms. The number of imide groups is 1. The fraction of sp³-hybridized carbons (Fsp3) is 0.500. The average Bonchev–Trinajstić information content (AvgIpc) is 3.51. The fourth-order valence-corrected chi connectivity index (χ4v) is 6.73. The zero-order chi connectivity index (χ0) is 41.0. The van der Waals surface area contributed by atoms with Gasteiger partial charge in [0, 0.05) is 38.4 Å². The average molecular weight is 774 g/mol. The molecule has 2 heterocycles. The summed E-state index contributed by atoms with van der Waals surface area (Å²) in [5.74, 6) is 0.0313. The highest BCUT2D eigenvalue weighted by Crippen LogP contribution is 2.23. The summed E-state index contributed by atoms with van der Waals surface area (Å²) >= 11 is 0. The molecule has 3 N–H and O–H groups in total. The smallest absolute Gasteiger partial charge is 0.417 e. The van der Waals surface area contributed by atoms with Crippen molar-refractivity contribution in [1.82, 2.24) is 35.4 Å². The zero-order valence-corrected chi connectivity index (χ0v) is 34.0. The summed E-state index contributed by atoms with van der Waals surface area (Å²) in [7, 11) is 2.77. The van der Waals surface area contributed by atoms with Crippen LogP contribution in [0, 0.1) is 18.3 Å². The maximum Gasteiger partial charge on any atom is 0.417 e. The molecule has 0 aliphatic carbocycles. The zero-order valence-electron chi connectivity index (χ0n) is 34.0. The molecule has 14 nitrogen and oxygen atoms in total. The first-order valence-corrected chi connectivity index (χ1v) is 19.2. The predicted molar refractivity (Wildman–Crippen MR) is 213 cm³/mol. The van der Waals surface area contributed by atoms with Crippen LogP contribution >= 0.6 is 0 Å². The van der Waals surface area contributed by atoms with E-state index in [0.717, 1.165) is 27.4 Å².